The second kappa shape index (κ2) is 4.50. The molecule has 0 aliphatic rings. The topological polar surface area (TPSA) is 58.9 Å². The lowest BCUT2D eigenvalue weighted by Crippen LogP contribution is -2.16. The number of pyridine rings is 1. The van der Waals surface area contributed by atoms with Gasteiger partial charge in [0.05, 0.1) is 10.6 Å². The van der Waals surface area contributed by atoms with Gasteiger partial charge in [0.15, 0.2) is 0 Å². The molecular weight excluding hydrogens is 234 g/mol. The highest BCUT2D eigenvalue weighted by atomic mass is 32.1. The summed E-state index contributed by atoms with van der Waals surface area (Å²) in [6, 6.07) is 3.66. The molecule has 0 bridgehead atoms. The van der Waals surface area contributed by atoms with E-state index in [1.165, 1.54) is 11.5 Å². The van der Waals surface area contributed by atoms with E-state index < -0.39 is 6.10 Å². The van der Waals surface area contributed by atoms with Crippen LogP contribution in [0.1, 0.15) is 43.0 Å². The van der Waals surface area contributed by atoms with Crippen molar-refractivity contribution in [2.24, 2.45) is 0 Å². The molecule has 0 aromatic carbocycles. The molecule has 90 valence electrons. The van der Waals surface area contributed by atoms with E-state index in [1.54, 1.807) is 12.4 Å². The number of rotatable bonds is 2. The van der Waals surface area contributed by atoms with Gasteiger partial charge in [-0.3, -0.25) is 4.98 Å². The van der Waals surface area contributed by atoms with Crippen molar-refractivity contribution >= 4 is 11.5 Å². The molecular formula is C12H15N3OS. The number of hydrogen-bond donors (Lipinski definition) is 1. The van der Waals surface area contributed by atoms with Gasteiger partial charge in [0.1, 0.15) is 6.10 Å². The summed E-state index contributed by atoms with van der Waals surface area (Å²) in [6.45, 7) is 6.18. The molecule has 5 heteroatoms. The van der Waals surface area contributed by atoms with Gasteiger partial charge in [0.2, 0.25) is 0 Å². The molecule has 1 N–H and O–H groups in total. The first-order chi connectivity index (χ1) is 8.00. The molecule has 2 heterocycles. The molecule has 0 spiro atoms. The third kappa shape index (κ3) is 2.50. The summed E-state index contributed by atoms with van der Waals surface area (Å²) >= 11 is 1.24. The fraction of sp³-hybridized carbons (Fsp3) is 0.417. The first-order valence-corrected chi connectivity index (χ1v) is 6.18. The maximum atomic E-state index is 10.3. The molecule has 2 rings (SSSR count). The van der Waals surface area contributed by atoms with Gasteiger partial charge >= 0.3 is 0 Å². The van der Waals surface area contributed by atoms with Gasteiger partial charge in [0, 0.05) is 23.4 Å². The summed E-state index contributed by atoms with van der Waals surface area (Å²) in [7, 11) is 0. The highest BCUT2D eigenvalue weighted by molar-refractivity contribution is 7.05. The number of aromatic nitrogens is 3. The summed E-state index contributed by atoms with van der Waals surface area (Å²) in [5.41, 5.74) is 1.49. The van der Waals surface area contributed by atoms with Crippen LogP contribution in [0.25, 0.3) is 0 Å². The zero-order chi connectivity index (χ0) is 12.5. The summed E-state index contributed by atoms with van der Waals surface area (Å²) in [4.78, 5) is 4.81. The van der Waals surface area contributed by atoms with Crippen LogP contribution in [-0.4, -0.2) is 19.7 Å². The first-order valence-electron chi connectivity index (χ1n) is 5.41. The Balaban J connectivity index is 2.39. The van der Waals surface area contributed by atoms with Crippen LogP contribution in [-0.2, 0) is 5.41 Å². The van der Waals surface area contributed by atoms with Crippen molar-refractivity contribution in [3.05, 3.63) is 40.7 Å². The van der Waals surface area contributed by atoms with Crippen LogP contribution in [0.15, 0.2) is 24.5 Å². The van der Waals surface area contributed by atoms with Crippen molar-refractivity contribution in [3.8, 4) is 0 Å². The van der Waals surface area contributed by atoms with Gasteiger partial charge in [-0.2, -0.15) is 0 Å². The Bertz CT molecular complexity index is 490. The van der Waals surface area contributed by atoms with Gasteiger partial charge in [-0.25, -0.2) is 0 Å². The van der Waals surface area contributed by atoms with E-state index in [-0.39, 0.29) is 5.41 Å². The average Bonchev–Trinajstić information content (AvgIpc) is 2.78. The van der Waals surface area contributed by atoms with E-state index in [9.17, 15) is 5.11 Å². The van der Waals surface area contributed by atoms with E-state index in [0.717, 1.165) is 16.1 Å². The largest absolute Gasteiger partial charge is 0.383 e. The predicted octanol–water partition coefficient (Wildman–Crippen LogP) is 2.31. The standard InChI is InChI=1S/C12H15N3OS/c1-12(2,3)11-10(17-15-14-11)9(16)8-5-4-6-13-7-8/h4-7,9,16H,1-3H3. The lowest BCUT2D eigenvalue weighted by Gasteiger charge is -2.18. The molecule has 1 atom stereocenters. The molecule has 0 aliphatic carbocycles. The zero-order valence-corrected chi connectivity index (χ0v) is 10.9. The van der Waals surface area contributed by atoms with Crippen LogP contribution in [0.2, 0.25) is 0 Å². The maximum Gasteiger partial charge on any atom is 0.118 e. The highest BCUT2D eigenvalue weighted by Gasteiger charge is 2.27. The second-order valence-electron chi connectivity index (χ2n) is 4.92. The Hall–Kier alpha value is -1.33. The summed E-state index contributed by atoms with van der Waals surface area (Å²) < 4.78 is 3.95. The Morgan fingerprint density at radius 3 is 2.71 bits per heavy atom. The smallest absolute Gasteiger partial charge is 0.118 e. The first kappa shape index (κ1) is 12.1. The Morgan fingerprint density at radius 1 is 1.35 bits per heavy atom. The van der Waals surface area contributed by atoms with Crippen molar-refractivity contribution in [3.63, 3.8) is 0 Å². The Labute approximate surface area is 105 Å². The van der Waals surface area contributed by atoms with Crippen LogP contribution in [0, 0.1) is 0 Å². The highest BCUT2D eigenvalue weighted by Crippen LogP contribution is 2.33. The van der Waals surface area contributed by atoms with Gasteiger partial charge in [-0.1, -0.05) is 31.3 Å². The lowest BCUT2D eigenvalue weighted by molar-refractivity contribution is 0.220. The monoisotopic (exact) mass is 249 g/mol. The van der Waals surface area contributed by atoms with Crippen LogP contribution >= 0.6 is 11.5 Å². The third-order valence-electron chi connectivity index (χ3n) is 2.47. The molecule has 2 aromatic rings. The van der Waals surface area contributed by atoms with Crippen LogP contribution in [0.5, 0.6) is 0 Å². The van der Waals surface area contributed by atoms with E-state index in [4.69, 9.17) is 0 Å². The van der Waals surface area contributed by atoms with E-state index in [0.29, 0.717) is 0 Å². The van der Waals surface area contributed by atoms with Gasteiger partial charge in [-0.05, 0) is 17.6 Å². The number of aliphatic hydroxyl groups excluding tert-OH is 1. The molecule has 1 unspecified atom stereocenters. The predicted molar refractivity (Wildman–Crippen MR) is 66.9 cm³/mol. The third-order valence-corrected chi connectivity index (χ3v) is 3.25. The molecule has 2 aromatic heterocycles. The van der Waals surface area contributed by atoms with Crippen molar-refractivity contribution in [1.29, 1.82) is 0 Å². The normalized spacial score (nSPS) is 13.6. The van der Waals surface area contributed by atoms with Crippen molar-refractivity contribution in [2.75, 3.05) is 0 Å². The van der Waals surface area contributed by atoms with E-state index in [1.807, 2.05) is 12.1 Å². The Kier molecular flexibility index (Phi) is 3.22. The van der Waals surface area contributed by atoms with Crippen LogP contribution in [0.4, 0.5) is 0 Å². The molecule has 0 fully saturated rings. The fourth-order valence-electron chi connectivity index (χ4n) is 1.59. The molecule has 4 nitrogen and oxygen atoms in total. The minimum Gasteiger partial charge on any atom is -0.383 e. The maximum absolute atomic E-state index is 10.3. The zero-order valence-electron chi connectivity index (χ0n) is 10.1. The molecule has 0 aliphatic heterocycles. The van der Waals surface area contributed by atoms with Crippen molar-refractivity contribution in [1.82, 2.24) is 14.6 Å². The van der Waals surface area contributed by atoms with Crippen LogP contribution < -0.4 is 0 Å². The Morgan fingerprint density at radius 2 is 2.12 bits per heavy atom. The number of aliphatic hydroxyl groups is 1. The second-order valence-corrected chi connectivity index (χ2v) is 5.71. The quantitative estimate of drug-likeness (QED) is 0.887. The number of hydrogen-bond acceptors (Lipinski definition) is 5. The average molecular weight is 249 g/mol. The molecule has 0 radical (unpaired) electrons. The minimum absolute atomic E-state index is 0.120. The van der Waals surface area contributed by atoms with Gasteiger partial charge < -0.3 is 5.11 Å². The lowest BCUT2D eigenvalue weighted by atomic mass is 9.89. The van der Waals surface area contributed by atoms with E-state index in [2.05, 4.69) is 35.3 Å². The van der Waals surface area contributed by atoms with E-state index >= 15 is 0 Å². The van der Waals surface area contributed by atoms with Gasteiger partial charge in [-0.15, -0.1) is 5.10 Å². The SMILES string of the molecule is CC(C)(C)c1nnsc1C(O)c1cccnc1. The fourth-order valence-corrected chi connectivity index (χ4v) is 2.47. The summed E-state index contributed by atoms with van der Waals surface area (Å²) in [6.07, 6.45) is 2.65. The molecule has 17 heavy (non-hydrogen) atoms. The minimum atomic E-state index is -0.696. The molecule has 0 amide bonds. The molecule has 0 saturated carbocycles. The van der Waals surface area contributed by atoms with Crippen molar-refractivity contribution < 1.29 is 5.11 Å². The number of nitrogens with zero attached hydrogens (tertiary/aromatic N) is 3. The summed E-state index contributed by atoms with van der Waals surface area (Å²) in [5.74, 6) is 0. The van der Waals surface area contributed by atoms with Crippen LogP contribution in [0.3, 0.4) is 0 Å². The van der Waals surface area contributed by atoms with Gasteiger partial charge in [0.25, 0.3) is 0 Å². The molecule has 0 saturated heterocycles. The van der Waals surface area contributed by atoms with Crippen molar-refractivity contribution in [2.45, 2.75) is 32.3 Å². The summed E-state index contributed by atoms with van der Waals surface area (Å²) in [5, 5.41) is 14.4.